The first-order chi connectivity index (χ1) is 12.5. The van der Waals surface area contributed by atoms with E-state index in [0.717, 1.165) is 31.5 Å². The first-order valence-corrected chi connectivity index (χ1v) is 9.66. The lowest BCUT2D eigenvalue weighted by atomic mass is 9.82. The first-order valence-electron chi connectivity index (χ1n) is 9.66. The highest BCUT2D eigenvalue weighted by Gasteiger charge is 2.35. The van der Waals surface area contributed by atoms with Crippen LogP contribution in [0.5, 0.6) is 0 Å². The number of hydrogen-bond acceptors (Lipinski definition) is 2. The van der Waals surface area contributed by atoms with Gasteiger partial charge in [-0.15, -0.1) is 0 Å². The van der Waals surface area contributed by atoms with Gasteiger partial charge in [0.15, 0.2) is 0 Å². The third-order valence-corrected chi connectivity index (χ3v) is 5.63. The topological polar surface area (TPSA) is 50.2 Å². The number of nitrogens with one attached hydrogen (secondary N) is 1. The van der Waals surface area contributed by atoms with Gasteiger partial charge in [0, 0.05) is 37.3 Å². The predicted octanol–water partition coefficient (Wildman–Crippen LogP) is 4.14. The summed E-state index contributed by atoms with van der Waals surface area (Å²) in [4.78, 5) is 14.8. The minimum absolute atomic E-state index is 0.0367. The highest BCUT2D eigenvalue weighted by molar-refractivity contribution is 5.75. The third kappa shape index (κ3) is 3.48. The van der Waals surface area contributed by atoms with E-state index < -0.39 is 0 Å². The van der Waals surface area contributed by atoms with Crippen LogP contribution in [0.4, 0.5) is 4.79 Å². The van der Waals surface area contributed by atoms with E-state index in [1.165, 1.54) is 16.7 Å². The second-order valence-corrected chi connectivity index (χ2v) is 7.26. The van der Waals surface area contributed by atoms with Crippen LogP contribution in [0.3, 0.4) is 0 Å². The lowest BCUT2D eigenvalue weighted by Crippen LogP contribution is -2.46. The second-order valence-electron chi connectivity index (χ2n) is 7.26. The number of carbonyl (C=O) groups excluding carboxylic acids is 1. The smallest absolute Gasteiger partial charge is 0.317 e. The molecule has 2 heterocycles. The van der Waals surface area contributed by atoms with Crippen molar-refractivity contribution < 1.29 is 4.79 Å². The molecule has 26 heavy (non-hydrogen) atoms. The number of benzene rings is 1. The molecular formula is C21H30N4O. The number of rotatable bonds is 5. The number of carbonyl (C=O) groups is 1. The summed E-state index contributed by atoms with van der Waals surface area (Å²) in [5.41, 5.74) is 4.90. The monoisotopic (exact) mass is 354 g/mol. The molecule has 5 heteroatoms. The number of hydrogen-bond donors (Lipinski definition) is 1. The lowest BCUT2D eigenvalue weighted by molar-refractivity contribution is 0.170. The van der Waals surface area contributed by atoms with Crippen LogP contribution < -0.4 is 5.32 Å². The van der Waals surface area contributed by atoms with Crippen molar-refractivity contribution in [1.29, 1.82) is 0 Å². The summed E-state index contributed by atoms with van der Waals surface area (Å²) in [6.45, 7) is 7.82. The average molecular weight is 354 g/mol. The van der Waals surface area contributed by atoms with Gasteiger partial charge in [-0.05, 0) is 31.4 Å². The van der Waals surface area contributed by atoms with Crippen LogP contribution in [0.25, 0.3) is 0 Å². The fourth-order valence-electron chi connectivity index (χ4n) is 3.88. The first kappa shape index (κ1) is 18.5. The molecule has 2 amide bonds. The molecule has 1 aromatic heterocycles. The molecule has 5 nitrogen and oxygen atoms in total. The van der Waals surface area contributed by atoms with Crippen molar-refractivity contribution in [2.75, 3.05) is 13.1 Å². The Bertz CT molecular complexity index is 767. The number of fused-ring (bicyclic) bond motifs is 1. The van der Waals surface area contributed by atoms with E-state index in [1.807, 2.05) is 22.8 Å². The number of aromatic nitrogens is 2. The van der Waals surface area contributed by atoms with Gasteiger partial charge in [0.1, 0.15) is 0 Å². The van der Waals surface area contributed by atoms with E-state index in [4.69, 9.17) is 0 Å². The number of aryl methyl sites for hydroxylation is 1. The number of amides is 2. The average Bonchev–Trinajstić information content (AvgIpc) is 2.98. The van der Waals surface area contributed by atoms with Crippen molar-refractivity contribution in [1.82, 2.24) is 20.0 Å². The number of urea groups is 1. The summed E-state index contributed by atoms with van der Waals surface area (Å²) < 4.78 is 1.91. The van der Waals surface area contributed by atoms with Crippen molar-refractivity contribution >= 4 is 6.03 Å². The van der Waals surface area contributed by atoms with E-state index in [-0.39, 0.29) is 18.0 Å². The molecule has 0 aliphatic carbocycles. The minimum Gasteiger partial charge on any atom is -0.338 e. The third-order valence-electron chi connectivity index (χ3n) is 5.63. The van der Waals surface area contributed by atoms with E-state index in [0.29, 0.717) is 6.54 Å². The van der Waals surface area contributed by atoms with E-state index in [1.54, 1.807) is 0 Å². The Hall–Kier alpha value is -2.30. The zero-order valence-corrected chi connectivity index (χ0v) is 16.3. The van der Waals surface area contributed by atoms with Crippen LogP contribution in [0.1, 0.15) is 67.5 Å². The normalized spacial score (nSPS) is 19.3. The molecule has 0 unspecified atom stereocenters. The molecule has 3 rings (SSSR count). The van der Waals surface area contributed by atoms with Crippen LogP contribution in [0.2, 0.25) is 0 Å². The van der Waals surface area contributed by atoms with Gasteiger partial charge >= 0.3 is 6.03 Å². The summed E-state index contributed by atoms with van der Waals surface area (Å²) in [7, 11) is 1.97. The Labute approximate surface area is 156 Å². The van der Waals surface area contributed by atoms with Crippen LogP contribution in [0.15, 0.2) is 30.5 Å². The maximum atomic E-state index is 12.8. The van der Waals surface area contributed by atoms with Crippen LogP contribution in [-0.4, -0.2) is 33.8 Å². The minimum atomic E-state index is 0.0367. The number of unbranched alkanes of at least 4 members (excludes halogenated alkanes) is 2. The molecule has 1 aliphatic heterocycles. The second kappa shape index (κ2) is 7.94. The van der Waals surface area contributed by atoms with Crippen LogP contribution in [-0.2, 0) is 7.05 Å². The SMILES string of the molecule is CCCCCNC(=O)N1C[C@H](c2cnn(C)c2C)c2ccccc2[C@@H]1C. The standard InChI is InChI=1S/C21H30N4O/c1-5-6-9-12-22-21(26)25-14-20(19-13-23-24(4)15(19)2)18-11-8-7-10-17(18)16(25)3/h7-8,10-11,13,16,20H,5-6,9,12,14H2,1-4H3,(H,22,26)/t16-,20-/m0/s1. The van der Waals surface area contributed by atoms with Crippen molar-refractivity contribution in [3.05, 3.63) is 52.8 Å². The predicted molar refractivity (Wildman–Crippen MR) is 104 cm³/mol. The van der Waals surface area contributed by atoms with Gasteiger partial charge in [0.25, 0.3) is 0 Å². The molecular weight excluding hydrogens is 324 g/mol. The highest BCUT2D eigenvalue weighted by atomic mass is 16.2. The summed E-state index contributed by atoms with van der Waals surface area (Å²) >= 11 is 0. The van der Waals surface area contributed by atoms with Crippen LogP contribution in [0, 0.1) is 6.92 Å². The van der Waals surface area contributed by atoms with E-state index >= 15 is 0 Å². The molecule has 0 bridgehead atoms. The maximum Gasteiger partial charge on any atom is 0.317 e. The maximum absolute atomic E-state index is 12.8. The fraction of sp³-hybridized carbons (Fsp3) is 0.524. The molecule has 0 fully saturated rings. The lowest BCUT2D eigenvalue weighted by Gasteiger charge is -2.39. The fourth-order valence-corrected chi connectivity index (χ4v) is 3.88. The highest BCUT2D eigenvalue weighted by Crippen LogP contribution is 2.39. The molecule has 140 valence electrons. The van der Waals surface area contributed by atoms with Crippen molar-refractivity contribution in [3.63, 3.8) is 0 Å². The quantitative estimate of drug-likeness (QED) is 0.821. The molecule has 1 N–H and O–H groups in total. The summed E-state index contributed by atoms with van der Waals surface area (Å²) in [6, 6.07) is 8.60. The molecule has 1 aromatic carbocycles. The molecule has 2 aromatic rings. The molecule has 1 aliphatic rings. The van der Waals surface area contributed by atoms with Gasteiger partial charge in [-0.3, -0.25) is 4.68 Å². The van der Waals surface area contributed by atoms with Gasteiger partial charge in [0.05, 0.1) is 12.2 Å². The van der Waals surface area contributed by atoms with Crippen molar-refractivity contribution in [2.45, 2.75) is 52.0 Å². The van der Waals surface area contributed by atoms with Crippen molar-refractivity contribution in [2.24, 2.45) is 7.05 Å². The van der Waals surface area contributed by atoms with Crippen molar-refractivity contribution in [3.8, 4) is 0 Å². The molecule has 0 radical (unpaired) electrons. The largest absolute Gasteiger partial charge is 0.338 e. The number of nitrogens with zero attached hydrogens (tertiary/aromatic N) is 3. The zero-order valence-electron chi connectivity index (χ0n) is 16.3. The Morgan fingerprint density at radius 2 is 1.96 bits per heavy atom. The molecule has 0 spiro atoms. The summed E-state index contributed by atoms with van der Waals surface area (Å²) in [5, 5.41) is 7.53. The van der Waals surface area contributed by atoms with Gasteiger partial charge in [-0.1, -0.05) is 44.0 Å². The molecule has 0 saturated carbocycles. The summed E-state index contributed by atoms with van der Waals surface area (Å²) in [5.74, 6) is 0.164. The van der Waals surface area contributed by atoms with E-state index in [9.17, 15) is 4.79 Å². The van der Waals surface area contributed by atoms with Gasteiger partial charge in [-0.2, -0.15) is 5.10 Å². The van der Waals surface area contributed by atoms with Crippen LogP contribution >= 0.6 is 0 Å². The van der Waals surface area contributed by atoms with Gasteiger partial charge < -0.3 is 10.2 Å². The molecule has 0 saturated heterocycles. The zero-order chi connectivity index (χ0) is 18.7. The Kier molecular flexibility index (Phi) is 5.64. The Balaban J connectivity index is 1.88. The van der Waals surface area contributed by atoms with Gasteiger partial charge in [0.2, 0.25) is 0 Å². The Morgan fingerprint density at radius 1 is 1.23 bits per heavy atom. The Morgan fingerprint density at radius 3 is 2.62 bits per heavy atom. The van der Waals surface area contributed by atoms with Gasteiger partial charge in [-0.25, -0.2) is 4.79 Å². The summed E-state index contributed by atoms with van der Waals surface area (Å²) in [6.07, 6.45) is 5.29. The van der Waals surface area contributed by atoms with E-state index in [2.05, 4.69) is 55.5 Å². The molecule has 2 atom stereocenters.